The first-order valence-corrected chi connectivity index (χ1v) is 12.3. The maximum Gasteiger partial charge on any atom is 0.233 e. The second kappa shape index (κ2) is 11.0. The van der Waals surface area contributed by atoms with E-state index in [1.54, 1.807) is 14.2 Å². The molecule has 2 heterocycles. The highest BCUT2D eigenvalue weighted by Crippen LogP contribution is 2.32. The van der Waals surface area contributed by atoms with Gasteiger partial charge < -0.3 is 29.8 Å². The van der Waals surface area contributed by atoms with E-state index in [2.05, 4.69) is 35.6 Å². The SMILES string of the molecule is CCOc1ccc(Nc2nc(Nc3ccc(OC)c(OC)c3)nc(Sc3nc4ccccc4[nH]3)n2)cc1. The van der Waals surface area contributed by atoms with Crippen molar-refractivity contribution in [2.75, 3.05) is 31.5 Å². The zero-order valence-corrected chi connectivity index (χ0v) is 21.3. The van der Waals surface area contributed by atoms with Gasteiger partial charge in [0.2, 0.25) is 17.1 Å². The second-order valence-corrected chi connectivity index (χ2v) is 8.66. The zero-order chi connectivity index (χ0) is 25.6. The van der Waals surface area contributed by atoms with E-state index in [0.29, 0.717) is 40.3 Å². The molecule has 3 aromatic carbocycles. The van der Waals surface area contributed by atoms with Crippen LogP contribution in [-0.2, 0) is 0 Å². The van der Waals surface area contributed by atoms with Crippen LogP contribution in [0.4, 0.5) is 23.3 Å². The van der Waals surface area contributed by atoms with Crippen molar-refractivity contribution in [1.29, 1.82) is 0 Å². The lowest BCUT2D eigenvalue weighted by Gasteiger charge is -2.12. The summed E-state index contributed by atoms with van der Waals surface area (Å²) in [6.07, 6.45) is 0. The predicted octanol–water partition coefficient (Wildman–Crippen LogP) is 5.80. The average molecular weight is 516 g/mol. The van der Waals surface area contributed by atoms with E-state index in [1.165, 1.54) is 11.8 Å². The molecule has 3 N–H and O–H groups in total. The van der Waals surface area contributed by atoms with Crippen LogP contribution in [0.25, 0.3) is 11.0 Å². The Labute approximate surface area is 217 Å². The number of imidazole rings is 1. The van der Waals surface area contributed by atoms with Crippen molar-refractivity contribution in [2.24, 2.45) is 0 Å². The van der Waals surface area contributed by atoms with Crippen LogP contribution in [0.2, 0.25) is 0 Å². The molecule has 0 aliphatic carbocycles. The summed E-state index contributed by atoms with van der Waals surface area (Å²) in [7, 11) is 3.18. The van der Waals surface area contributed by atoms with Gasteiger partial charge in [0.15, 0.2) is 16.7 Å². The van der Waals surface area contributed by atoms with Gasteiger partial charge in [-0.15, -0.1) is 0 Å². The molecule has 0 atom stereocenters. The topological polar surface area (TPSA) is 119 Å². The Morgan fingerprint density at radius 2 is 1.49 bits per heavy atom. The molecular weight excluding hydrogens is 490 g/mol. The van der Waals surface area contributed by atoms with Gasteiger partial charge >= 0.3 is 0 Å². The van der Waals surface area contributed by atoms with Crippen molar-refractivity contribution in [3.8, 4) is 17.2 Å². The number of aromatic nitrogens is 5. The van der Waals surface area contributed by atoms with Crippen LogP contribution >= 0.6 is 11.8 Å². The number of rotatable bonds is 10. The summed E-state index contributed by atoms with van der Waals surface area (Å²) in [5.74, 6) is 2.74. The molecule has 0 saturated heterocycles. The monoisotopic (exact) mass is 515 g/mol. The lowest BCUT2D eigenvalue weighted by Crippen LogP contribution is -2.05. The molecule has 5 aromatic rings. The number of hydrogen-bond donors (Lipinski definition) is 3. The number of hydrogen-bond acceptors (Lipinski definition) is 10. The number of ether oxygens (including phenoxy) is 3. The van der Waals surface area contributed by atoms with Crippen molar-refractivity contribution < 1.29 is 14.2 Å². The van der Waals surface area contributed by atoms with E-state index >= 15 is 0 Å². The summed E-state index contributed by atoms with van der Waals surface area (Å²) in [5.41, 5.74) is 3.35. The summed E-state index contributed by atoms with van der Waals surface area (Å²) in [4.78, 5) is 21.7. The summed E-state index contributed by atoms with van der Waals surface area (Å²) in [5, 5.41) is 7.62. The minimum absolute atomic E-state index is 0.356. The zero-order valence-electron chi connectivity index (χ0n) is 20.5. The van der Waals surface area contributed by atoms with Gasteiger partial charge in [-0.05, 0) is 67.2 Å². The van der Waals surface area contributed by atoms with E-state index < -0.39 is 0 Å². The van der Waals surface area contributed by atoms with E-state index in [1.807, 2.05) is 73.7 Å². The smallest absolute Gasteiger partial charge is 0.233 e. The van der Waals surface area contributed by atoms with Crippen LogP contribution in [0.1, 0.15) is 6.92 Å². The number of nitrogens with one attached hydrogen (secondary N) is 3. The fourth-order valence-corrected chi connectivity index (χ4v) is 4.29. The summed E-state index contributed by atoms with van der Waals surface area (Å²) < 4.78 is 16.3. The highest BCUT2D eigenvalue weighted by Gasteiger charge is 2.13. The molecule has 0 bridgehead atoms. The van der Waals surface area contributed by atoms with Crippen molar-refractivity contribution in [3.63, 3.8) is 0 Å². The molecule has 11 heteroatoms. The van der Waals surface area contributed by atoms with Crippen LogP contribution in [0.3, 0.4) is 0 Å². The van der Waals surface area contributed by atoms with Crippen LogP contribution in [-0.4, -0.2) is 45.7 Å². The highest BCUT2D eigenvalue weighted by atomic mass is 32.2. The minimum Gasteiger partial charge on any atom is -0.494 e. The molecular formula is C26H25N7O3S. The van der Waals surface area contributed by atoms with E-state index in [-0.39, 0.29) is 0 Å². The van der Waals surface area contributed by atoms with Crippen molar-refractivity contribution >= 4 is 46.1 Å². The average Bonchev–Trinajstić information content (AvgIpc) is 3.32. The van der Waals surface area contributed by atoms with Crippen LogP contribution in [0.15, 0.2) is 77.0 Å². The van der Waals surface area contributed by atoms with Crippen LogP contribution < -0.4 is 24.8 Å². The normalized spacial score (nSPS) is 10.8. The maximum absolute atomic E-state index is 5.53. The number of para-hydroxylation sites is 2. The van der Waals surface area contributed by atoms with E-state index in [9.17, 15) is 0 Å². The molecule has 0 radical (unpaired) electrons. The molecule has 10 nitrogen and oxygen atoms in total. The number of benzene rings is 3. The first kappa shape index (κ1) is 24.2. The summed E-state index contributed by atoms with van der Waals surface area (Å²) in [6.45, 7) is 2.55. The first-order valence-electron chi connectivity index (χ1n) is 11.5. The Bertz CT molecular complexity index is 1480. The third kappa shape index (κ3) is 5.84. The van der Waals surface area contributed by atoms with Gasteiger partial charge in [-0.1, -0.05) is 12.1 Å². The molecule has 5 rings (SSSR count). The Kier molecular flexibility index (Phi) is 7.22. The van der Waals surface area contributed by atoms with Gasteiger partial charge in [0, 0.05) is 17.4 Å². The molecule has 2 aromatic heterocycles. The predicted molar refractivity (Wildman–Crippen MR) is 144 cm³/mol. The Balaban J connectivity index is 1.45. The van der Waals surface area contributed by atoms with Crippen LogP contribution in [0, 0.1) is 0 Å². The highest BCUT2D eigenvalue weighted by molar-refractivity contribution is 7.99. The number of aromatic amines is 1. The van der Waals surface area contributed by atoms with Gasteiger partial charge in [0.25, 0.3) is 0 Å². The molecule has 0 aliphatic heterocycles. The number of H-pyrrole nitrogens is 1. The van der Waals surface area contributed by atoms with Crippen molar-refractivity contribution in [2.45, 2.75) is 17.2 Å². The lowest BCUT2D eigenvalue weighted by atomic mass is 10.3. The molecule has 0 saturated carbocycles. The van der Waals surface area contributed by atoms with E-state index in [0.717, 1.165) is 28.2 Å². The Hall–Kier alpha value is -4.51. The fraction of sp³-hybridized carbons (Fsp3) is 0.154. The molecule has 0 aliphatic rings. The Morgan fingerprint density at radius 1 is 0.784 bits per heavy atom. The van der Waals surface area contributed by atoms with Crippen molar-refractivity contribution in [3.05, 3.63) is 66.7 Å². The maximum atomic E-state index is 5.53. The van der Waals surface area contributed by atoms with Gasteiger partial charge in [0.1, 0.15) is 5.75 Å². The van der Waals surface area contributed by atoms with Crippen LogP contribution in [0.5, 0.6) is 17.2 Å². The minimum atomic E-state index is 0.356. The standard InChI is InChI=1S/C26H25N7O3S/c1-4-36-18-12-9-16(10-13-18)27-23-31-24(28-17-11-14-21(34-2)22(15-17)35-3)33-26(32-23)37-25-29-19-7-5-6-8-20(19)30-25/h5-15H,4H2,1-3H3,(H,29,30)(H2,27,28,31,32,33). The number of nitrogens with zero attached hydrogens (tertiary/aromatic N) is 4. The quantitative estimate of drug-likeness (QED) is 0.210. The molecule has 37 heavy (non-hydrogen) atoms. The second-order valence-electron chi connectivity index (χ2n) is 7.70. The summed E-state index contributed by atoms with van der Waals surface area (Å²) in [6, 6.07) is 20.9. The number of anilines is 4. The first-order chi connectivity index (χ1) is 18.1. The van der Waals surface area contributed by atoms with Crippen molar-refractivity contribution in [1.82, 2.24) is 24.9 Å². The van der Waals surface area contributed by atoms with Gasteiger partial charge in [-0.3, -0.25) is 0 Å². The Morgan fingerprint density at radius 3 is 2.19 bits per heavy atom. The largest absolute Gasteiger partial charge is 0.494 e. The molecule has 0 amide bonds. The van der Waals surface area contributed by atoms with Gasteiger partial charge in [-0.25, -0.2) is 4.98 Å². The third-order valence-electron chi connectivity index (χ3n) is 5.23. The third-order valence-corrected chi connectivity index (χ3v) is 5.98. The number of fused-ring (bicyclic) bond motifs is 1. The van der Waals surface area contributed by atoms with E-state index in [4.69, 9.17) is 14.2 Å². The van der Waals surface area contributed by atoms with Gasteiger partial charge in [0.05, 0.1) is 31.9 Å². The molecule has 188 valence electrons. The fourth-order valence-electron chi connectivity index (χ4n) is 3.55. The summed E-state index contributed by atoms with van der Waals surface area (Å²) >= 11 is 1.31. The van der Waals surface area contributed by atoms with Gasteiger partial charge in [-0.2, -0.15) is 15.0 Å². The molecule has 0 fully saturated rings. The lowest BCUT2D eigenvalue weighted by molar-refractivity contribution is 0.340. The number of methoxy groups -OCH3 is 2. The molecule has 0 spiro atoms. The molecule has 0 unspecified atom stereocenters.